The Balaban J connectivity index is 1.91. The summed E-state index contributed by atoms with van der Waals surface area (Å²) in [4.78, 5) is 8.46. The first kappa shape index (κ1) is 16.0. The van der Waals surface area contributed by atoms with Crippen LogP contribution in [0.4, 0.5) is 0 Å². The van der Waals surface area contributed by atoms with Crippen molar-refractivity contribution in [2.45, 2.75) is 32.4 Å². The molecule has 2 aromatic rings. The third-order valence-electron chi connectivity index (χ3n) is 3.88. The number of rotatable bonds is 5. The predicted molar refractivity (Wildman–Crippen MR) is 88.7 cm³/mol. The highest BCUT2D eigenvalue weighted by atomic mass is 15.3. The van der Waals surface area contributed by atoms with Gasteiger partial charge in [-0.3, -0.25) is 9.67 Å². The SMILES string of the molecule is CN=C(NCc1ncnn1C)NC(C)C(C)c1ccccc1. The second-order valence-electron chi connectivity index (χ2n) is 5.36. The highest BCUT2D eigenvalue weighted by Crippen LogP contribution is 2.18. The number of aliphatic imine (C=N–C) groups is 1. The Morgan fingerprint density at radius 1 is 1.27 bits per heavy atom. The van der Waals surface area contributed by atoms with Gasteiger partial charge in [0, 0.05) is 26.1 Å². The number of benzene rings is 1. The molecule has 1 aromatic carbocycles. The lowest BCUT2D eigenvalue weighted by Crippen LogP contribution is -2.44. The number of nitrogens with zero attached hydrogens (tertiary/aromatic N) is 4. The van der Waals surface area contributed by atoms with E-state index in [0.717, 1.165) is 11.8 Å². The summed E-state index contributed by atoms with van der Waals surface area (Å²) < 4.78 is 1.75. The van der Waals surface area contributed by atoms with Crippen molar-refractivity contribution in [1.82, 2.24) is 25.4 Å². The topological polar surface area (TPSA) is 67.1 Å². The van der Waals surface area contributed by atoms with E-state index in [1.165, 1.54) is 5.56 Å². The van der Waals surface area contributed by atoms with Crippen molar-refractivity contribution >= 4 is 5.96 Å². The van der Waals surface area contributed by atoms with Crippen molar-refractivity contribution in [3.63, 3.8) is 0 Å². The molecule has 0 saturated heterocycles. The summed E-state index contributed by atoms with van der Waals surface area (Å²) in [7, 11) is 3.65. The highest BCUT2D eigenvalue weighted by Gasteiger charge is 2.15. The van der Waals surface area contributed by atoms with Gasteiger partial charge in [-0.15, -0.1) is 0 Å². The maximum Gasteiger partial charge on any atom is 0.191 e. The van der Waals surface area contributed by atoms with Crippen LogP contribution in [0.3, 0.4) is 0 Å². The van der Waals surface area contributed by atoms with E-state index in [9.17, 15) is 0 Å². The van der Waals surface area contributed by atoms with E-state index in [1.54, 1.807) is 18.1 Å². The van der Waals surface area contributed by atoms with E-state index in [2.05, 4.69) is 63.8 Å². The molecule has 0 aliphatic heterocycles. The molecular weight excluding hydrogens is 276 g/mol. The van der Waals surface area contributed by atoms with Crippen molar-refractivity contribution in [2.24, 2.45) is 12.0 Å². The molecule has 2 unspecified atom stereocenters. The third-order valence-corrected chi connectivity index (χ3v) is 3.88. The Labute approximate surface area is 131 Å². The summed E-state index contributed by atoms with van der Waals surface area (Å²) in [5.41, 5.74) is 1.31. The molecule has 0 amide bonds. The van der Waals surface area contributed by atoms with E-state index in [0.29, 0.717) is 12.5 Å². The summed E-state index contributed by atoms with van der Waals surface area (Å²) in [6, 6.07) is 10.7. The standard InChI is InChI=1S/C16H24N6/c1-12(14-8-6-5-7-9-14)13(2)21-16(17-3)18-10-15-19-11-20-22(15)4/h5-9,11-13H,10H2,1-4H3,(H2,17,18,21). The van der Waals surface area contributed by atoms with Gasteiger partial charge in [0.1, 0.15) is 12.2 Å². The number of aryl methyl sites for hydroxylation is 1. The zero-order valence-electron chi connectivity index (χ0n) is 13.6. The average molecular weight is 300 g/mol. The van der Waals surface area contributed by atoms with E-state index >= 15 is 0 Å². The van der Waals surface area contributed by atoms with Crippen molar-refractivity contribution < 1.29 is 0 Å². The molecule has 0 aliphatic rings. The van der Waals surface area contributed by atoms with Gasteiger partial charge in [0.05, 0.1) is 6.54 Å². The highest BCUT2D eigenvalue weighted by molar-refractivity contribution is 5.79. The first-order valence-corrected chi connectivity index (χ1v) is 7.46. The normalized spacial score (nSPS) is 14.5. The van der Waals surface area contributed by atoms with Crippen LogP contribution in [-0.2, 0) is 13.6 Å². The third kappa shape index (κ3) is 4.07. The number of nitrogens with one attached hydrogen (secondary N) is 2. The van der Waals surface area contributed by atoms with Gasteiger partial charge in [-0.2, -0.15) is 5.10 Å². The zero-order chi connectivity index (χ0) is 15.9. The van der Waals surface area contributed by atoms with Gasteiger partial charge in [-0.05, 0) is 12.5 Å². The van der Waals surface area contributed by atoms with Crippen LogP contribution < -0.4 is 10.6 Å². The lowest BCUT2D eigenvalue weighted by molar-refractivity contribution is 0.548. The van der Waals surface area contributed by atoms with Crippen LogP contribution in [0.25, 0.3) is 0 Å². The average Bonchev–Trinajstić information content (AvgIpc) is 2.96. The van der Waals surface area contributed by atoms with Crippen molar-refractivity contribution in [1.29, 1.82) is 0 Å². The van der Waals surface area contributed by atoms with Gasteiger partial charge in [0.15, 0.2) is 5.96 Å². The summed E-state index contributed by atoms with van der Waals surface area (Å²) >= 11 is 0. The van der Waals surface area contributed by atoms with Crippen LogP contribution in [-0.4, -0.2) is 33.8 Å². The fraction of sp³-hybridized carbons (Fsp3) is 0.438. The second kappa shape index (κ2) is 7.59. The lowest BCUT2D eigenvalue weighted by atomic mass is 9.94. The van der Waals surface area contributed by atoms with Crippen molar-refractivity contribution in [2.75, 3.05) is 7.05 Å². The first-order valence-electron chi connectivity index (χ1n) is 7.46. The summed E-state index contributed by atoms with van der Waals surface area (Å²) in [5.74, 6) is 2.01. The minimum absolute atomic E-state index is 0.257. The van der Waals surface area contributed by atoms with Gasteiger partial charge in [0.2, 0.25) is 0 Å². The zero-order valence-corrected chi connectivity index (χ0v) is 13.6. The van der Waals surface area contributed by atoms with E-state index < -0.39 is 0 Å². The second-order valence-corrected chi connectivity index (χ2v) is 5.36. The van der Waals surface area contributed by atoms with Crippen molar-refractivity contribution in [3.05, 3.63) is 48.0 Å². The molecule has 0 radical (unpaired) electrons. The molecule has 0 spiro atoms. The Morgan fingerprint density at radius 3 is 2.59 bits per heavy atom. The fourth-order valence-electron chi connectivity index (χ4n) is 2.22. The minimum atomic E-state index is 0.257. The smallest absolute Gasteiger partial charge is 0.191 e. The number of hydrogen-bond donors (Lipinski definition) is 2. The Morgan fingerprint density at radius 2 is 2.00 bits per heavy atom. The van der Waals surface area contributed by atoms with Crippen LogP contribution in [0.15, 0.2) is 41.7 Å². The molecule has 1 aromatic heterocycles. The maximum absolute atomic E-state index is 4.27. The molecule has 0 fully saturated rings. The Kier molecular flexibility index (Phi) is 5.52. The molecule has 0 saturated carbocycles. The first-order chi connectivity index (χ1) is 10.6. The van der Waals surface area contributed by atoms with Crippen LogP contribution in [0.2, 0.25) is 0 Å². The van der Waals surface area contributed by atoms with Crippen LogP contribution in [0.1, 0.15) is 31.2 Å². The predicted octanol–water partition coefficient (Wildman–Crippen LogP) is 1.67. The molecule has 1 heterocycles. The molecular formula is C16H24N6. The van der Waals surface area contributed by atoms with E-state index in [-0.39, 0.29) is 6.04 Å². The summed E-state index contributed by atoms with van der Waals surface area (Å²) in [6.45, 7) is 4.96. The quantitative estimate of drug-likeness (QED) is 0.651. The van der Waals surface area contributed by atoms with E-state index in [4.69, 9.17) is 0 Å². The van der Waals surface area contributed by atoms with E-state index in [1.807, 2.05) is 13.1 Å². The van der Waals surface area contributed by atoms with Gasteiger partial charge in [-0.1, -0.05) is 37.3 Å². The molecule has 118 valence electrons. The number of hydrogen-bond acceptors (Lipinski definition) is 3. The van der Waals surface area contributed by atoms with Gasteiger partial charge < -0.3 is 10.6 Å². The minimum Gasteiger partial charge on any atom is -0.353 e. The molecule has 6 nitrogen and oxygen atoms in total. The Hall–Kier alpha value is -2.37. The summed E-state index contributed by atoms with van der Waals surface area (Å²) in [5, 5.41) is 10.7. The summed E-state index contributed by atoms with van der Waals surface area (Å²) in [6.07, 6.45) is 1.55. The monoisotopic (exact) mass is 300 g/mol. The van der Waals surface area contributed by atoms with Gasteiger partial charge in [-0.25, -0.2) is 4.98 Å². The fourth-order valence-corrected chi connectivity index (χ4v) is 2.22. The number of aromatic nitrogens is 3. The Bertz CT molecular complexity index is 604. The molecule has 0 bridgehead atoms. The number of guanidine groups is 1. The van der Waals surface area contributed by atoms with Crippen molar-refractivity contribution in [3.8, 4) is 0 Å². The molecule has 6 heteroatoms. The maximum atomic E-state index is 4.27. The van der Waals surface area contributed by atoms with Gasteiger partial charge >= 0.3 is 0 Å². The van der Waals surface area contributed by atoms with Crippen LogP contribution >= 0.6 is 0 Å². The van der Waals surface area contributed by atoms with Gasteiger partial charge in [0.25, 0.3) is 0 Å². The van der Waals surface area contributed by atoms with Crippen LogP contribution in [0, 0.1) is 0 Å². The van der Waals surface area contributed by atoms with Crippen LogP contribution in [0.5, 0.6) is 0 Å². The molecule has 0 aliphatic carbocycles. The molecule has 2 atom stereocenters. The molecule has 2 N–H and O–H groups in total. The molecule has 22 heavy (non-hydrogen) atoms. The lowest BCUT2D eigenvalue weighted by Gasteiger charge is -2.24. The largest absolute Gasteiger partial charge is 0.353 e. The molecule has 2 rings (SSSR count).